The van der Waals surface area contributed by atoms with Crippen molar-refractivity contribution in [2.75, 3.05) is 7.11 Å². The maximum atomic E-state index is 12.7. The van der Waals surface area contributed by atoms with Gasteiger partial charge in [0.25, 0.3) is 5.91 Å². The summed E-state index contributed by atoms with van der Waals surface area (Å²) in [4.78, 5) is 16.7. The molecule has 1 fully saturated rings. The number of rotatable bonds is 7. The van der Waals surface area contributed by atoms with Crippen LogP contribution in [0.2, 0.25) is 0 Å². The van der Waals surface area contributed by atoms with Gasteiger partial charge < -0.3 is 19.7 Å². The van der Waals surface area contributed by atoms with Crippen molar-refractivity contribution < 1.29 is 19.2 Å². The van der Waals surface area contributed by atoms with Crippen LogP contribution in [0.4, 0.5) is 0 Å². The first-order valence-corrected chi connectivity index (χ1v) is 8.40. The van der Waals surface area contributed by atoms with E-state index in [1.54, 1.807) is 26.4 Å². The highest BCUT2D eigenvalue weighted by molar-refractivity contribution is 5.94. The second kappa shape index (κ2) is 7.76. The van der Waals surface area contributed by atoms with Crippen LogP contribution < -0.4 is 5.32 Å². The molecule has 25 heavy (non-hydrogen) atoms. The maximum Gasteiger partial charge on any atom is 0.274 e. The predicted octanol–water partition coefficient (Wildman–Crippen LogP) is 1.64. The quantitative estimate of drug-likeness (QED) is 0.792. The number of hydrogen-bond acceptors (Lipinski definition) is 6. The van der Waals surface area contributed by atoms with Crippen LogP contribution in [-0.4, -0.2) is 40.4 Å². The molecule has 0 aliphatic heterocycles. The molecule has 0 unspecified atom stereocenters. The van der Waals surface area contributed by atoms with Crippen LogP contribution in [0.15, 0.2) is 29.0 Å². The Morgan fingerprint density at radius 2 is 2.16 bits per heavy atom. The minimum Gasteiger partial charge on any atom is -0.393 e. The summed E-state index contributed by atoms with van der Waals surface area (Å²) in [5.41, 5.74) is 2.02. The van der Waals surface area contributed by atoms with E-state index in [1.165, 1.54) is 0 Å². The Kier molecular flexibility index (Phi) is 5.45. The molecule has 7 heteroatoms. The fourth-order valence-electron chi connectivity index (χ4n) is 3.19. The second-order valence-electron chi connectivity index (χ2n) is 6.52. The van der Waals surface area contributed by atoms with Crippen LogP contribution in [0, 0.1) is 12.8 Å². The number of aromatic nitrogens is 2. The van der Waals surface area contributed by atoms with Crippen molar-refractivity contribution in [2.24, 2.45) is 5.92 Å². The number of nitrogens with one attached hydrogen (secondary N) is 1. The zero-order valence-corrected chi connectivity index (χ0v) is 14.4. The third-order valence-electron chi connectivity index (χ3n) is 4.73. The molecule has 0 radical (unpaired) electrons. The van der Waals surface area contributed by atoms with Crippen molar-refractivity contribution in [2.45, 2.75) is 44.9 Å². The molecule has 1 atom stereocenters. The first-order chi connectivity index (χ1) is 12.1. The Hall–Kier alpha value is -2.25. The number of aryl methyl sites for hydroxylation is 1. The zero-order chi connectivity index (χ0) is 17.8. The van der Waals surface area contributed by atoms with Gasteiger partial charge in [0.2, 0.25) is 0 Å². The Bertz CT molecular complexity index is 710. The number of carbonyl (C=O) groups is 1. The molecule has 1 saturated carbocycles. The monoisotopic (exact) mass is 345 g/mol. The molecule has 134 valence electrons. The van der Waals surface area contributed by atoms with Crippen LogP contribution in [0.25, 0.3) is 0 Å². The fraction of sp³-hybridized carbons (Fsp3) is 0.500. The summed E-state index contributed by atoms with van der Waals surface area (Å²) in [6.07, 6.45) is 5.27. The lowest BCUT2D eigenvalue weighted by molar-refractivity contribution is 0.0238. The number of methoxy groups -OCH3 is 1. The highest BCUT2D eigenvalue weighted by atomic mass is 16.5. The maximum absolute atomic E-state index is 12.7. The SMILES string of the molecule is COCc1c(C(=O)N[C@@H](Cc2ccncc2)C2CC(O)C2)noc1C. The van der Waals surface area contributed by atoms with Gasteiger partial charge in [-0.15, -0.1) is 0 Å². The van der Waals surface area contributed by atoms with E-state index in [2.05, 4.69) is 15.5 Å². The van der Waals surface area contributed by atoms with Gasteiger partial charge in [0, 0.05) is 25.5 Å². The second-order valence-corrected chi connectivity index (χ2v) is 6.52. The van der Waals surface area contributed by atoms with Crippen molar-refractivity contribution in [1.82, 2.24) is 15.5 Å². The normalized spacial score (nSPS) is 20.8. The summed E-state index contributed by atoms with van der Waals surface area (Å²) in [5, 5.41) is 16.6. The third-order valence-corrected chi connectivity index (χ3v) is 4.73. The van der Waals surface area contributed by atoms with Crippen molar-refractivity contribution in [1.29, 1.82) is 0 Å². The lowest BCUT2D eigenvalue weighted by Gasteiger charge is -2.38. The Balaban J connectivity index is 1.74. The molecule has 7 nitrogen and oxygen atoms in total. The summed E-state index contributed by atoms with van der Waals surface area (Å²) < 4.78 is 10.3. The predicted molar refractivity (Wildman–Crippen MR) is 89.9 cm³/mol. The van der Waals surface area contributed by atoms with Gasteiger partial charge >= 0.3 is 0 Å². The van der Waals surface area contributed by atoms with Gasteiger partial charge in [0.05, 0.1) is 18.3 Å². The van der Waals surface area contributed by atoms with Gasteiger partial charge in [-0.3, -0.25) is 9.78 Å². The largest absolute Gasteiger partial charge is 0.393 e. The number of ether oxygens (including phenoxy) is 1. The van der Waals surface area contributed by atoms with E-state index in [9.17, 15) is 9.90 Å². The minimum absolute atomic E-state index is 0.0781. The molecule has 0 bridgehead atoms. The molecule has 2 N–H and O–H groups in total. The molecule has 1 amide bonds. The Morgan fingerprint density at radius 1 is 1.44 bits per heavy atom. The minimum atomic E-state index is -0.278. The molecule has 2 aromatic rings. The lowest BCUT2D eigenvalue weighted by atomic mass is 9.75. The highest BCUT2D eigenvalue weighted by Gasteiger charge is 2.35. The number of carbonyl (C=O) groups excluding carboxylic acids is 1. The molecule has 0 saturated heterocycles. The van der Waals surface area contributed by atoms with E-state index in [0.29, 0.717) is 30.6 Å². The number of nitrogens with zero attached hydrogens (tertiary/aromatic N) is 2. The van der Waals surface area contributed by atoms with Crippen LogP contribution in [0.1, 0.15) is 40.2 Å². The van der Waals surface area contributed by atoms with Gasteiger partial charge in [-0.2, -0.15) is 0 Å². The first kappa shape index (κ1) is 17.6. The summed E-state index contributed by atoms with van der Waals surface area (Å²) in [7, 11) is 1.57. The summed E-state index contributed by atoms with van der Waals surface area (Å²) in [6, 6.07) is 3.79. The molecular formula is C18H23N3O4. The number of aliphatic hydroxyl groups excluding tert-OH is 1. The summed E-state index contributed by atoms with van der Waals surface area (Å²) in [5.74, 6) is 0.548. The molecule has 2 heterocycles. The van der Waals surface area contributed by atoms with E-state index in [0.717, 1.165) is 5.56 Å². The molecule has 1 aliphatic carbocycles. The van der Waals surface area contributed by atoms with Crippen molar-refractivity contribution in [3.8, 4) is 0 Å². The third kappa shape index (κ3) is 4.05. The number of amides is 1. The van der Waals surface area contributed by atoms with Crippen LogP contribution in [0.3, 0.4) is 0 Å². The highest BCUT2D eigenvalue weighted by Crippen LogP contribution is 2.32. The Labute approximate surface area is 146 Å². The summed E-state index contributed by atoms with van der Waals surface area (Å²) >= 11 is 0. The van der Waals surface area contributed by atoms with E-state index in [1.807, 2.05) is 12.1 Å². The van der Waals surface area contributed by atoms with Gasteiger partial charge in [-0.1, -0.05) is 5.16 Å². The number of aliphatic hydroxyl groups is 1. The van der Waals surface area contributed by atoms with Crippen LogP contribution in [0.5, 0.6) is 0 Å². The topological polar surface area (TPSA) is 97.5 Å². The van der Waals surface area contributed by atoms with Crippen molar-refractivity contribution >= 4 is 5.91 Å². The van der Waals surface area contributed by atoms with E-state index < -0.39 is 0 Å². The smallest absolute Gasteiger partial charge is 0.274 e. The fourth-order valence-corrected chi connectivity index (χ4v) is 3.19. The zero-order valence-electron chi connectivity index (χ0n) is 14.4. The van der Waals surface area contributed by atoms with Gasteiger partial charge in [0.15, 0.2) is 5.69 Å². The first-order valence-electron chi connectivity index (χ1n) is 8.40. The van der Waals surface area contributed by atoms with Crippen LogP contribution >= 0.6 is 0 Å². The lowest BCUT2D eigenvalue weighted by Crippen LogP contribution is -2.48. The molecule has 3 rings (SSSR count). The van der Waals surface area contributed by atoms with Gasteiger partial charge in [0.1, 0.15) is 5.76 Å². The average molecular weight is 345 g/mol. The van der Waals surface area contributed by atoms with Crippen molar-refractivity contribution in [3.05, 3.63) is 47.1 Å². The number of pyridine rings is 1. The Morgan fingerprint density at radius 3 is 2.80 bits per heavy atom. The van der Waals surface area contributed by atoms with Crippen molar-refractivity contribution in [3.63, 3.8) is 0 Å². The van der Waals surface area contributed by atoms with E-state index in [-0.39, 0.29) is 36.3 Å². The standard InChI is InChI=1S/C18H23N3O4/c1-11-15(10-24-2)17(21-25-11)18(23)20-16(13-8-14(22)9-13)7-12-3-5-19-6-4-12/h3-6,13-14,16,22H,7-10H2,1-2H3,(H,20,23)/t13?,14?,16-/m0/s1. The van der Waals surface area contributed by atoms with E-state index in [4.69, 9.17) is 9.26 Å². The molecular weight excluding hydrogens is 322 g/mol. The summed E-state index contributed by atoms with van der Waals surface area (Å²) in [6.45, 7) is 2.03. The number of hydrogen-bond donors (Lipinski definition) is 2. The van der Waals surface area contributed by atoms with Crippen LogP contribution in [-0.2, 0) is 17.8 Å². The molecule has 2 aromatic heterocycles. The molecule has 1 aliphatic rings. The molecule has 0 aromatic carbocycles. The van der Waals surface area contributed by atoms with Gasteiger partial charge in [-0.05, 0) is 49.8 Å². The van der Waals surface area contributed by atoms with Gasteiger partial charge in [-0.25, -0.2) is 0 Å². The van der Waals surface area contributed by atoms with E-state index >= 15 is 0 Å². The molecule has 0 spiro atoms. The average Bonchev–Trinajstić information content (AvgIpc) is 2.94.